The molecule has 4 heteroatoms. The Labute approximate surface area is 120 Å². The molecule has 1 aromatic rings. The average molecular weight is 276 g/mol. The molecule has 1 aliphatic rings. The zero-order chi connectivity index (χ0) is 14.4. The minimum atomic E-state index is -0.703. The highest BCUT2D eigenvalue weighted by molar-refractivity contribution is 5.77. The van der Waals surface area contributed by atoms with E-state index in [4.69, 9.17) is 0 Å². The summed E-state index contributed by atoms with van der Waals surface area (Å²) in [4.78, 5) is 12.2. The van der Waals surface area contributed by atoms with Gasteiger partial charge in [-0.2, -0.15) is 0 Å². The van der Waals surface area contributed by atoms with Gasteiger partial charge >= 0.3 is 0 Å². The maximum atomic E-state index is 12.2. The summed E-state index contributed by atoms with van der Waals surface area (Å²) in [5.74, 6) is 0.479. The van der Waals surface area contributed by atoms with Crippen LogP contribution < -0.4 is 10.6 Å². The van der Waals surface area contributed by atoms with Crippen molar-refractivity contribution in [2.45, 2.75) is 31.7 Å². The molecule has 1 fully saturated rings. The number of hydrogen-bond acceptors (Lipinski definition) is 3. The maximum absolute atomic E-state index is 12.2. The lowest BCUT2D eigenvalue weighted by Crippen LogP contribution is -2.47. The number of aliphatic hydroxyl groups excluding tert-OH is 1. The van der Waals surface area contributed by atoms with Gasteiger partial charge in [0.1, 0.15) is 0 Å². The first-order chi connectivity index (χ1) is 9.64. The van der Waals surface area contributed by atoms with Crippen LogP contribution in [0.4, 0.5) is 0 Å². The molecule has 3 N–H and O–H groups in total. The number of carbonyl (C=O) groups excluding carboxylic acids is 1. The molecule has 4 nitrogen and oxygen atoms in total. The van der Waals surface area contributed by atoms with E-state index in [-0.39, 0.29) is 12.5 Å². The summed E-state index contributed by atoms with van der Waals surface area (Å²) in [6.45, 7) is 3.75. The molecule has 110 valence electrons. The zero-order valence-corrected chi connectivity index (χ0v) is 12.1. The number of benzene rings is 1. The smallest absolute Gasteiger partial charge is 0.221 e. The number of hydrogen-bond donors (Lipinski definition) is 3. The van der Waals surface area contributed by atoms with Gasteiger partial charge in [-0.1, -0.05) is 30.3 Å². The molecule has 20 heavy (non-hydrogen) atoms. The number of carbonyl (C=O) groups is 1. The highest BCUT2D eigenvalue weighted by Crippen LogP contribution is 2.22. The van der Waals surface area contributed by atoms with Crippen molar-refractivity contribution in [2.75, 3.05) is 19.7 Å². The lowest BCUT2D eigenvalue weighted by molar-refractivity contribution is -0.124. The Morgan fingerprint density at radius 3 is 2.60 bits per heavy atom. The molecule has 2 rings (SSSR count). The Balaban J connectivity index is 1.96. The first-order valence-electron chi connectivity index (χ1n) is 7.32. The van der Waals surface area contributed by atoms with E-state index < -0.39 is 5.54 Å². The lowest BCUT2D eigenvalue weighted by atomic mass is 9.90. The Hall–Kier alpha value is -1.39. The predicted octanol–water partition coefficient (Wildman–Crippen LogP) is 1.40. The molecule has 0 bridgehead atoms. The summed E-state index contributed by atoms with van der Waals surface area (Å²) in [6.07, 6.45) is 2.65. The highest BCUT2D eigenvalue weighted by atomic mass is 16.3. The number of nitrogens with one attached hydrogen (secondary N) is 2. The van der Waals surface area contributed by atoms with Crippen molar-refractivity contribution in [3.8, 4) is 0 Å². The molecular weight excluding hydrogens is 252 g/mol. The Morgan fingerprint density at radius 1 is 1.35 bits per heavy atom. The van der Waals surface area contributed by atoms with Crippen molar-refractivity contribution in [2.24, 2.45) is 5.92 Å². The zero-order valence-electron chi connectivity index (χ0n) is 12.1. The van der Waals surface area contributed by atoms with E-state index in [1.807, 2.05) is 37.3 Å². The second-order valence-corrected chi connectivity index (χ2v) is 5.80. The van der Waals surface area contributed by atoms with Crippen LogP contribution in [-0.4, -0.2) is 30.7 Å². The minimum Gasteiger partial charge on any atom is -0.394 e. The summed E-state index contributed by atoms with van der Waals surface area (Å²) >= 11 is 0. The molecule has 0 aliphatic carbocycles. The van der Waals surface area contributed by atoms with Gasteiger partial charge in [0.05, 0.1) is 12.1 Å². The molecule has 0 saturated carbocycles. The van der Waals surface area contributed by atoms with Gasteiger partial charge in [0.15, 0.2) is 0 Å². The topological polar surface area (TPSA) is 61.4 Å². The van der Waals surface area contributed by atoms with E-state index in [1.165, 1.54) is 0 Å². The van der Waals surface area contributed by atoms with E-state index in [0.29, 0.717) is 12.3 Å². The molecule has 1 aliphatic heterocycles. The van der Waals surface area contributed by atoms with Crippen LogP contribution in [0.15, 0.2) is 30.3 Å². The number of aliphatic hydroxyl groups is 1. The third-order valence-electron chi connectivity index (χ3n) is 4.08. The molecule has 1 unspecified atom stereocenters. The van der Waals surface area contributed by atoms with Crippen molar-refractivity contribution >= 4 is 5.91 Å². The van der Waals surface area contributed by atoms with Gasteiger partial charge in [0.2, 0.25) is 5.91 Å². The number of amides is 1. The summed E-state index contributed by atoms with van der Waals surface area (Å²) < 4.78 is 0. The first kappa shape index (κ1) is 15.0. The van der Waals surface area contributed by atoms with Crippen LogP contribution in [0.3, 0.4) is 0 Å². The lowest BCUT2D eigenvalue weighted by Gasteiger charge is -2.31. The second kappa shape index (κ2) is 6.86. The van der Waals surface area contributed by atoms with Gasteiger partial charge < -0.3 is 15.7 Å². The third-order valence-corrected chi connectivity index (χ3v) is 4.08. The standard InChI is InChI=1S/C16H24N2O2/c1-16(12-19,14-5-3-2-4-6-14)18-15(20)11-13-7-9-17-10-8-13/h2-6,13,17,19H,7-12H2,1H3,(H,18,20). The Bertz CT molecular complexity index is 429. The molecule has 1 atom stereocenters. The normalized spacial score (nSPS) is 19.3. The monoisotopic (exact) mass is 276 g/mol. The number of piperidine rings is 1. The molecule has 1 amide bonds. The Kier molecular flexibility index (Phi) is 5.15. The molecule has 0 spiro atoms. The second-order valence-electron chi connectivity index (χ2n) is 5.80. The first-order valence-corrected chi connectivity index (χ1v) is 7.32. The van der Waals surface area contributed by atoms with Crippen molar-refractivity contribution < 1.29 is 9.90 Å². The van der Waals surface area contributed by atoms with E-state index in [2.05, 4.69) is 10.6 Å². The van der Waals surface area contributed by atoms with E-state index in [9.17, 15) is 9.90 Å². The van der Waals surface area contributed by atoms with Crippen molar-refractivity contribution in [1.82, 2.24) is 10.6 Å². The largest absolute Gasteiger partial charge is 0.394 e. The molecule has 1 aromatic carbocycles. The summed E-state index contributed by atoms with van der Waals surface area (Å²) in [5.41, 5.74) is 0.229. The summed E-state index contributed by atoms with van der Waals surface area (Å²) in [7, 11) is 0. The fourth-order valence-electron chi connectivity index (χ4n) is 2.72. The summed E-state index contributed by atoms with van der Waals surface area (Å²) in [6, 6.07) is 9.63. The van der Waals surface area contributed by atoms with Crippen LogP contribution in [0, 0.1) is 5.92 Å². The van der Waals surface area contributed by atoms with Gasteiger partial charge in [0, 0.05) is 6.42 Å². The predicted molar refractivity (Wildman–Crippen MR) is 79.2 cm³/mol. The highest BCUT2D eigenvalue weighted by Gasteiger charge is 2.28. The van der Waals surface area contributed by atoms with Gasteiger partial charge in [-0.05, 0) is 44.3 Å². The molecule has 1 heterocycles. The van der Waals surface area contributed by atoms with E-state index >= 15 is 0 Å². The fourth-order valence-corrected chi connectivity index (χ4v) is 2.72. The number of rotatable bonds is 5. The quantitative estimate of drug-likeness (QED) is 0.762. The minimum absolute atomic E-state index is 0.0253. The van der Waals surface area contributed by atoms with Gasteiger partial charge in [0.25, 0.3) is 0 Å². The van der Waals surface area contributed by atoms with Crippen LogP contribution in [0.2, 0.25) is 0 Å². The molecular formula is C16H24N2O2. The van der Waals surface area contributed by atoms with Crippen LogP contribution in [0.1, 0.15) is 31.7 Å². The molecule has 1 saturated heterocycles. The SMILES string of the molecule is CC(CO)(NC(=O)CC1CCNCC1)c1ccccc1. The van der Waals surface area contributed by atoms with E-state index in [1.54, 1.807) is 0 Å². The molecule has 0 aromatic heterocycles. The maximum Gasteiger partial charge on any atom is 0.221 e. The third kappa shape index (κ3) is 3.81. The summed E-state index contributed by atoms with van der Waals surface area (Å²) in [5, 5.41) is 16.0. The van der Waals surface area contributed by atoms with Crippen molar-refractivity contribution in [3.63, 3.8) is 0 Å². The van der Waals surface area contributed by atoms with Gasteiger partial charge in [-0.15, -0.1) is 0 Å². The Morgan fingerprint density at radius 2 is 2.00 bits per heavy atom. The van der Waals surface area contributed by atoms with Crippen LogP contribution >= 0.6 is 0 Å². The van der Waals surface area contributed by atoms with Gasteiger partial charge in [-0.3, -0.25) is 4.79 Å². The fraction of sp³-hybridized carbons (Fsp3) is 0.562. The van der Waals surface area contributed by atoms with Crippen LogP contribution in [0.25, 0.3) is 0 Å². The van der Waals surface area contributed by atoms with E-state index in [0.717, 1.165) is 31.5 Å². The van der Waals surface area contributed by atoms with Gasteiger partial charge in [-0.25, -0.2) is 0 Å². The van der Waals surface area contributed by atoms with Crippen LogP contribution in [-0.2, 0) is 10.3 Å². The van der Waals surface area contributed by atoms with Crippen molar-refractivity contribution in [3.05, 3.63) is 35.9 Å². The molecule has 0 radical (unpaired) electrons. The van der Waals surface area contributed by atoms with Crippen LogP contribution in [0.5, 0.6) is 0 Å². The average Bonchev–Trinajstić information content (AvgIpc) is 2.49. The van der Waals surface area contributed by atoms with Crippen molar-refractivity contribution in [1.29, 1.82) is 0 Å².